The Morgan fingerprint density at radius 2 is 1.81 bits per heavy atom. The molecule has 2 unspecified atom stereocenters. The second kappa shape index (κ2) is 6.98. The van der Waals surface area contributed by atoms with Crippen molar-refractivity contribution in [3.05, 3.63) is 28.0 Å². The fourth-order valence-corrected chi connectivity index (χ4v) is 5.10. The van der Waals surface area contributed by atoms with Gasteiger partial charge in [-0.05, 0) is 26.0 Å². The van der Waals surface area contributed by atoms with Gasteiger partial charge in [0.2, 0.25) is 10.0 Å². The number of nitrogens with one attached hydrogen (secondary N) is 1. The Balaban J connectivity index is 0.00000220. The van der Waals surface area contributed by atoms with Crippen LogP contribution in [0.3, 0.4) is 0 Å². The predicted octanol–water partition coefficient (Wildman–Crippen LogP) is 2.93. The van der Waals surface area contributed by atoms with Crippen LogP contribution in [0.5, 0.6) is 0 Å². The number of sulfonamides is 1. The topological polar surface area (TPSA) is 49.4 Å². The van der Waals surface area contributed by atoms with Gasteiger partial charge in [-0.1, -0.05) is 23.2 Å². The standard InChI is InChI=1S/C12H15Cl2FN2O2S.ClH/c1-7-8(2)17(4-3-16-7)20(18,19)12-10(13)5-9(15)6-11(12)14;/h5-8,16H,3-4H2,1-2H3;1H. The molecule has 0 saturated carbocycles. The van der Waals surface area contributed by atoms with E-state index < -0.39 is 15.8 Å². The van der Waals surface area contributed by atoms with Crippen LogP contribution < -0.4 is 5.32 Å². The highest BCUT2D eigenvalue weighted by Crippen LogP contribution is 2.34. The van der Waals surface area contributed by atoms with Gasteiger partial charge in [0.15, 0.2) is 0 Å². The Bertz CT molecular complexity index is 604. The molecule has 1 aliphatic heterocycles. The highest BCUT2D eigenvalue weighted by Gasteiger charge is 2.36. The summed E-state index contributed by atoms with van der Waals surface area (Å²) in [6, 6.07) is 1.68. The van der Waals surface area contributed by atoms with Crippen molar-refractivity contribution in [2.24, 2.45) is 0 Å². The molecule has 4 nitrogen and oxygen atoms in total. The summed E-state index contributed by atoms with van der Waals surface area (Å²) >= 11 is 11.8. The Hall–Kier alpha value is -0.110. The second-order valence-electron chi connectivity index (χ2n) is 4.80. The molecule has 0 bridgehead atoms. The first-order valence-corrected chi connectivity index (χ1v) is 8.34. The van der Waals surface area contributed by atoms with Gasteiger partial charge in [0.05, 0.1) is 10.0 Å². The number of piperazine rings is 1. The third kappa shape index (κ3) is 3.63. The molecule has 1 N–H and O–H groups in total. The molecule has 9 heteroatoms. The Morgan fingerprint density at radius 1 is 1.29 bits per heavy atom. The van der Waals surface area contributed by atoms with Gasteiger partial charge in [0.25, 0.3) is 0 Å². The van der Waals surface area contributed by atoms with Crippen LogP contribution in [-0.2, 0) is 10.0 Å². The van der Waals surface area contributed by atoms with Crippen molar-refractivity contribution < 1.29 is 12.8 Å². The van der Waals surface area contributed by atoms with Crippen molar-refractivity contribution in [1.82, 2.24) is 9.62 Å². The van der Waals surface area contributed by atoms with E-state index in [1.54, 1.807) is 6.92 Å². The molecule has 1 aliphatic rings. The summed E-state index contributed by atoms with van der Waals surface area (Å²) in [5.74, 6) is -0.666. The second-order valence-corrected chi connectivity index (χ2v) is 7.44. The fraction of sp³-hybridized carbons (Fsp3) is 0.500. The van der Waals surface area contributed by atoms with Gasteiger partial charge < -0.3 is 5.32 Å². The molecule has 0 spiro atoms. The van der Waals surface area contributed by atoms with Gasteiger partial charge >= 0.3 is 0 Å². The van der Waals surface area contributed by atoms with Crippen molar-refractivity contribution in [2.75, 3.05) is 13.1 Å². The molecule has 0 aliphatic carbocycles. The van der Waals surface area contributed by atoms with E-state index in [4.69, 9.17) is 23.2 Å². The van der Waals surface area contributed by atoms with E-state index in [-0.39, 0.29) is 39.4 Å². The molecule has 0 aromatic heterocycles. The van der Waals surface area contributed by atoms with Crippen LogP contribution in [0.2, 0.25) is 10.0 Å². The zero-order valence-electron chi connectivity index (χ0n) is 11.4. The van der Waals surface area contributed by atoms with Crippen molar-refractivity contribution >= 4 is 45.6 Å². The zero-order chi connectivity index (χ0) is 15.1. The van der Waals surface area contributed by atoms with Crippen LogP contribution >= 0.6 is 35.6 Å². The number of hydrogen-bond donors (Lipinski definition) is 1. The number of halogens is 4. The lowest BCUT2D eigenvalue weighted by molar-refractivity contribution is 0.233. The van der Waals surface area contributed by atoms with Crippen LogP contribution in [0.1, 0.15) is 13.8 Å². The Labute approximate surface area is 140 Å². The fourth-order valence-electron chi connectivity index (χ4n) is 2.26. The maximum absolute atomic E-state index is 13.2. The smallest absolute Gasteiger partial charge is 0.246 e. The van der Waals surface area contributed by atoms with E-state index in [1.807, 2.05) is 6.92 Å². The first kappa shape index (κ1) is 18.9. The summed E-state index contributed by atoms with van der Waals surface area (Å²) in [4.78, 5) is -0.233. The predicted molar refractivity (Wildman–Crippen MR) is 84.5 cm³/mol. The number of rotatable bonds is 2. The molecule has 1 heterocycles. The highest BCUT2D eigenvalue weighted by molar-refractivity contribution is 7.89. The van der Waals surface area contributed by atoms with Crippen molar-refractivity contribution in [3.8, 4) is 0 Å². The quantitative estimate of drug-likeness (QED) is 0.862. The lowest BCUT2D eigenvalue weighted by Crippen LogP contribution is -2.57. The first-order chi connectivity index (χ1) is 9.25. The molecular weight excluding hydrogens is 362 g/mol. The number of hydrogen-bond acceptors (Lipinski definition) is 3. The maximum Gasteiger partial charge on any atom is 0.246 e. The van der Waals surface area contributed by atoms with Crippen molar-refractivity contribution in [1.29, 1.82) is 0 Å². The van der Waals surface area contributed by atoms with Crippen molar-refractivity contribution in [3.63, 3.8) is 0 Å². The molecule has 2 rings (SSSR count). The molecular formula is C12H16Cl3FN2O2S. The summed E-state index contributed by atoms with van der Waals surface area (Å²) in [6.07, 6.45) is 0. The number of benzene rings is 1. The van der Waals surface area contributed by atoms with E-state index in [9.17, 15) is 12.8 Å². The maximum atomic E-state index is 13.2. The van der Waals surface area contributed by atoms with E-state index in [2.05, 4.69) is 5.32 Å². The summed E-state index contributed by atoms with van der Waals surface area (Å²) < 4.78 is 39.9. The molecule has 21 heavy (non-hydrogen) atoms. The minimum Gasteiger partial charge on any atom is -0.311 e. The van der Waals surface area contributed by atoms with Crippen molar-refractivity contribution in [2.45, 2.75) is 30.8 Å². The molecule has 1 aromatic carbocycles. The average molecular weight is 378 g/mol. The lowest BCUT2D eigenvalue weighted by atomic mass is 10.1. The zero-order valence-corrected chi connectivity index (χ0v) is 14.6. The molecule has 1 aromatic rings. The molecule has 1 fully saturated rings. The van der Waals surface area contributed by atoms with E-state index in [0.29, 0.717) is 13.1 Å². The summed E-state index contributed by atoms with van der Waals surface area (Å²) in [7, 11) is -3.86. The normalized spacial score (nSPS) is 23.7. The van der Waals surface area contributed by atoms with E-state index in [1.165, 1.54) is 4.31 Å². The minimum absolute atomic E-state index is 0. The van der Waals surface area contributed by atoms with Gasteiger partial charge in [-0.15, -0.1) is 12.4 Å². The minimum atomic E-state index is -3.86. The Morgan fingerprint density at radius 3 is 2.33 bits per heavy atom. The lowest BCUT2D eigenvalue weighted by Gasteiger charge is -2.37. The SMILES string of the molecule is CC1NCCN(S(=O)(=O)c2c(Cl)cc(F)cc2Cl)C1C.Cl. The summed E-state index contributed by atoms with van der Waals surface area (Å²) in [5, 5.41) is 2.79. The monoisotopic (exact) mass is 376 g/mol. The van der Waals surface area contributed by atoms with Gasteiger partial charge in [0, 0.05) is 25.2 Å². The van der Waals surface area contributed by atoms with Crippen LogP contribution in [0.15, 0.2) is 17.0 Å². The molecule has 2 atom stereocenters. The molecule has 0 radical (unpaired) electrons. The van der Waals surface area contributed by atoms with Crippen LogP contribution in [0.4, 0.5) is 4.39 Å². The first-order valence-electron chi connectivity index (χ1n) is 6.15. The average Bonchev–Trinajstić information content (AvgIpc) is 2.30. The Kier molecular flexibility index (Phi) is 6.29. The third-order valence-electron chi connectivity index (χ3n) is 3.51. The molecule has 0 amide bonds. The van der Waals surface area contributed by atoms with Gasteiger partial charge in [-0.2, -0.15) is 4.31 Å². The number of nitrogens with zero attached hydrogens (tertiary/aromatic N) is 1. The van der Waals surface area contributed by atoms with Crippen LogP contribution in [-0.4, -0.2) is 37.9 Å². The largest absolute Gasteiger partial charge is 0.311 e. The van der Waals surface area contributed by atoms with Gasteiger partial charge in [0.1, 0.15) is 10.7 Å². The van der Waals surface area contributed by atoms with Gasteiger partial charge in [-0.3, -0.25) is 0 Å². The molecule has 1 saturated heterocycles. The van der Waals surface area contributed by atoms with Crippen LogP contribution in [0.25, 0.3) is 0 Å². The van der Waals surface area contributed by atoms with Gasteiger partial charge in [-0.25, -0.2) is 12.8 Å². The summed E-state index contributed by atoms with van der Waals surface area (Å²) in [5.41, 5.74) is 0. The highest BCUT2D eigenvalue weighted by atomic mass is 35.5. The van der Waals surface area contributed by atoms with E-state index in [0.717, 1.165) is 12.1 Å². The van der Waals surface area contributed by atoms with Crippen LogP contribution in [0, 0.1) is 5.82 Å². The summed E-state index contributed by atoms with van der Waals surface area (Å²) in [6.45, 7) is 4.57. The van der Waals surface area contributed by atoms with E-state index >= 15 is 0 Å². The molecule has 120 valence electrons. The third-order valence-corrected chi connectivity index (χ3v) is 6.41.